The van der Waals surface area contributed by atoms with Crippen molar-refractivity contribution in [3.8, 4) is 16.3 Å². The molecule has 0 fully saturated rings. The number of anilines is 1. The van der Waals surface area contributed by atoms with E-state index in [-0.39, 0.29) is 9.92 Å². The summed E-state index contributed by atoms with van der Waals surface area (Å²) in [5, 5.41) is 1.07. The molecular weight excluding hydrogens is 442 g/mol. The van der Waals surface area contributed by atoms with Gasteiger partial charge in [0.25, 0.3) is 10.0 Å². The van der Waals surface area contributed by atoms with Crippen molar-refractivity contribution in [3.63, 3.8) is 0 Å². The van der Waals surface area contributed by atoms with Crippen molar-refractivity contribution in [3.05, 3.63) is 64.8 Å². The molecule has 30 heavy (non-hydrogen) atoms. The van der Waals surface area contributed by atoms with E-state index >= 15 is 0 Å². The molecule has 0 bridgehead atoms. The fraction of sp³-hybridized carbons (Fsp3) is 0.143. The number of hydrogen-bond donors (Lipinski definition) is 1. The standard InChI is InChI=1S/C21H18ClN3O3S2/c1-12-9-14(20-24-17-5-4-8-23-21(17)29-20)6-7-16(12)25-30(26,27)19-11-15(22)18(28-3)10-13(19)2/h4-11,25H,1-3H3. The highest BCUT2D eigenvalue weighted by Gasteiger charge is 2.20. The van der Waals surface area contributed by atoms with E-state index in [0.717, 1.165) is 26.5 Å². The highest BCUT2D eigenvalue weighted by Crippen LogP contribution is 2.33. The van der Waals surface area contributed by atoms with Gasteiger partial charge >= 0.3 is 0 Å². The summed E-state index contributed by atoms with van der Waals surface area (Å²) in [5.41, 5.74) is 3.55. The maximum atomic E-state index is 13.0. The monoisotopic (exact) mass is 459 g/mol. The number of pyridine rings is 1. The minimum absolute atomic E-state index is 0.106. The summed E-state index contributed by atoms with van der Waals surface area (Å²) in [6.45, 7) is 3.55. The Balaban J connectivity index is 1.66. The van der Waals surface area contributed by atoms with Gasteiger partial charge in [0.05, 0.1) is 22.7 Å². The van der Waals surface area contributed by atoms with E-state index in [9.17, 15) is 8.42 Å². The molecule has 1 N–H and O–H groups in total. The van der Waals surface area contributed by atoms with E-state index in [1.807, 2.05) is 31.2 Å². The number of nitrogens with zero attached hydrogens (tertiary/aromatic N) is 2. The van der Waals surface area contributed by atoms with Crippen LogP contribution in [0.25, 0.3) is 20.9 Å². The molecule has 0 spiro atoms. The average molecular weight is 460 g/mol. The predicted molar refractivity (Wildman–Crippen MR) is 121 cm³/mol. The Labute approximate surface area is 183 Å². The smallest absolute Gasteiger partial charge is 0.262 e. The topological polar surface area (TPSA) is 81.2 Å². The Morgan fingerprint density at radius 1 is 1.10 bits per heavy atom. The van der Waals surface area contributed by atoms with Gasteiger partial charge in [0, 0.05) is 11.8 Å². The normalized spacial score (nSPS) is 11.6. The first kappa shape index (κ1) is 20.6. The molecule has 2 aromatic heterocycles. The van der Waals surface area contributed by atoms with Crippen molar-refractivity contribution in [2.24, 2.45) is 0 Å². The van der Waals surface area contributed by atoms with Crippen LogP contribution in [-0.2, 0) is 10.0 Å². The molecule has 4 aromatic rings. The SMILES string of the molecule is COc1cc(C)c(S(=O)(=O)Nc2ccc(-c3nc4cccnc4s3)cc2C)cc1Cl. The van der Waals surface area contributed by atoms with Crippen LogP contribution in [0.3, 0.4) is 0 Å². The molecular formula is C21H18ClN3O3S2. The number of nitrogens with one attached hydrogen (secondary N) is 1. The molecule has 0 aliphatic carbocycles. The third-order valence-corrected chi connectivity index (χ3v) is 7.45. The van der Waals surface area contributed by atoms with Crippen LogP contribution in [0.5, 0.6) is 5.75 Å². The van der Waals surface area contributed by atoms with Crippen LogP contribution >= 0.6 is 22.9 Å². The van der Waals surface area contributed by atoms with Crippen LogP contribution in [0, 0.1) is 13.8 Å². The van der Waals surface area contributed by atoms with E-state index in [1.54, 1.807) is 25.3 Å². The number of methoxy groups -OCH3 is 1. The summed E-state index contributed by atoms with van der Waals surface area (Å²) in [5.74, 6) is 0.430. The van der Waals surface area contributed by atoms with Gasteiger partial charge < -0.3 is 4.74 Å². The van der Waals surface area contributed by atoms with Gasteiger partial charge in [-0.2, -0.15) is 0 Å². The molecule has 2 aromatic carbocycles. The van der Waals surface area contributed by atoms with E-state index < -0.39 is 10.0 Å². The Hall–Kier alpha value is -2.68. The van der Waals surface area contributed by atoms with Gasteiger partial charge in [0.1, 0.15) is 21.1 Å². The number of ether oxygens (including phenoxy) is 1. The summed E-state index contributed by atoms with van der Waals surface area (Å²) >= 11 is 7.63. The second kappa shape index (κ2) is 7.86. The van der Waals surface area contributed by atoms with Gasteiger partial charge in [0.2, 0.25) is 0 Å². The van der Waals surface area contributed by atoms with Crippen LogP contribution in [-0.4, -0.2) is 25.5 Å². The fourth-order valence-electron chi connectivity index (χ4n) is 3.09. The number of benzene rings is 2. The molecule has 0 atom stereocenters. The fourth-order valence-corrected chi connectivity index (χ4v) is 5.68. The van der Waals surface area contributed by atoms with Crippen molar-refractivity contribution < 1.29 is 13.2 Å². The molecule has 154 valence electrons. The number of fused-ring (bicyclic) bond motifs is 1. The maximum Gasteiger partial charge on any atom is 0.262 e. The van der Waals surface area contributed by atoms with E-state index in [4.69, 9.17) is 16.3 Å². The summed E-state index contributed by atoms with van der Waals surface area (Å²) in [6, 6.07) is 12.3. The second-order valence-corrected chi connectivity index (χ2v) is 9.77. The molecule has 6 nitrogen and oxygen atoms in total. The molecule has 0 amide bonds. The highest BCUT2D eigenvalue weighted by molar-refractivity contribution is 7.92. The summed E-state index contributed by atoms with van der Waals surface area (Å²) in [6.07, 6.45) is 1.74. The van der Waals surface area contributed by atoms with E-state index in [0.29, 0.717) is 17.0 Å². The van der Waals surface area contributed by atoms with E-state index in [1.165, 1.54) is 24.5 Å². The quantitative estimate of drug-likeness (QED) is 0.430. The van der Waals surface area contributed by atoms with Gasteiger partial charge in [-0.1, -0.05) is 22.9 Å². The minimum Gasteiger partial charge on any atom is -0.495 e. The van der Waals surface area contributed by atoms with Crippen LogP contribution in [0.15, 0.2) is 53.6 Å². The lowest BCUT2D eigenvalue weighted by Crippen LogP contribution is -2.15. The minimum atomic E-state index is -3.82. The first-order valence-corrected chi connectivity index (χ1v) is 11.7. The van der Waals surface area contributed by atoms with Crippen molar-refractivity contribution in [2.75, 3.05) is 11.8 Å². The Bertz CT molecular complexity index is 1330. The van der Waals surface area contributed by atoms with Crippen LogP contribution < -0.4 is 9.46 Å². The molecule has 9 heteroatoms. The molecule has 0 unspecified atom stereocenters. The molecule has 0 saturated carbocycles. The Morgan fingerprint density at radius 2 is 1.90 bits per heavy atom. The van der Waals surface area contributed by atoms with Crippen molar-refractivity contribution >= 4 is 49.0 Å². The lowest BCUT2D eigenvalue weighted by Gasteiger charge is -2.14. The Morgan fingerprint density at radius 3 is 2.60 bits per heavy atom. The Kier molecular flexibility index (Phi) is 5.40. The number of rotatable bonds is 5. The zero-order valence-electron chi connectivity index (χ0n) is 16.4. The lowest BCUT2D eigenvalue weighted by atomic mass is 10.1. The first-order chi connectivity index (χ1) is 14.3. The van der Waals surface area contributed by atoms with Gasteiger partial charge in [-0.25, -0.2) is 18.4 Å². The number of aryl methyl sites for hydroxylation is 2. The third kappa shape index (κ3) is 3.86. The third-order valence-electron chi connectivity index (χ3n) is 4.62. The second-order valence-electron chi connectivity index (χ2n) is 6.73. The molecule has 0 radical (unpaired) electrons. The van der Waals surface area contributed by atoms with Crippen LogP contribution in [0.2, 0.25) is 5.02 Å². The van der Waals surface area contributed by atoms with Gasteiger partial charge in [0.15, 0.2) is 0 Å². The summed E-state index contributed by atoms with van der Waals surface area (Å²) < 4.78 is 33.7. The largest absolute Gasteiger partial charge is 0.495 e. The molecule has 0 saturated heterocycles. The first-order valence-electron chi connectivity index (χ1n) is 8.98. The van der Waals surface area contributed by atoms with Gasteiger partial charge in [-0.05, 0) is 67.4 Å². The number of hydrogen-bond acceptors (Lipinski definition) is 6. The molecule has 2 heterocycles. The number of aromatic nitrogens is 2. The average Bonchev–Trinajstić information content (AvgIpc) is 3.15. The molecule has 0 aliphatic heterocycles. The van der Waals surface area contributed by atoms with Crippen molar-refractivity contribution in [1.29, 1.82) is 0 Å². The number of halogens is 1. The van der Waals surface area contributed by atoms with Crippen LogP contribution in [0.1, 0.15) is 11.1 Å². The summed E-state index contributed by atoms with van der Waals surface area (Å²) in [7, 11) is -2.34. The molecule has 4 rings (SSSR count). The van der Waals surface area contributed by atoms with Gasteiger partial charge in [-0.15, -0.1) is 0 Å². The highest BCUT2D eigenvalue weighted by atomic mass is 35.5. The van der Waals surface area contributed by atoms with E-state index in [2.05, 4.69) is 14.7 Å². The maximum absolute atomic E-state index is 13.0. The zero-order valence-corrected chi connectivity index (χ0v) is 18.8. The van der Waals surface area contributed by atoms with Crippen molar-refractivity contribution in [1.82, 2.24) is 9.97 Å². The summed E-state index contributed by atoms with van der Waals surface area (Å²) in [4.78, 5) is 9.89. The lowest BCUT2D eigenvalue weighted by molar-refractivity contribution is 0.414. The molecule has 0 aliphatic rings. The zero-order chi connectivity index (χ0) is 21.5. The van der Waals surface area contributed by atoms with Gasteiger partial charge in [-0.3, -0.25) is 4.72 Å². The van der Waals surface area contributed by atoms with Crippen LogP contribution in [0.4, 0.5) is 5.69 Å². The van der Waals surface area contributed by atoms with Crippen molar-refractivity contribution in [2.45, 2.75) is 18.7 Å². The number of thiazole rings is 1. The predicted octanol–water partition coefficient (Wildman–Crippen LogP) is 5.44. The number of sulfonamides is 1.